The molecule has 0 bridgehead atoms. The average Bonchev–Trinajstić information content (AvgIpc) is 2.81. The average molecular weight is 259 g/mol. The van der Waals surface area contributed by atoms with Crippen molar-refractivity contribution in [2.75, 3.05) is 6.61 Å². The van der Waals surface area contributed by atoms with E-state index in [1.807, 2.05) is 11.7 Å². The number of ether oxygens (including phenoxy) is 2. The van der Waals surface area contributed by atoms with Crippen LogP contribution >= 0.6 is 15.9 Å². The van der Waals surface area contributed by atoms with E-state index >= 15 is 0 Å². The molecule has 0 aliphatic carbocycles. The Labute approximate surface area is 90.3 Å². The summed E-state index contributed by atoms with van der Waals surface area (Å²) < 4.78 is 14.0. The number of halogens is 1. The van der Waals surface area contributed by atoms with Gasteiger partial charge in [0, 0.05) is 7.05 Å². The van der Waals surface area contributed by atoms with Crippen molar-refractivity contribution >= 4 is 15.9 Å². The third kappa shape index (κ3) is 1.03. The van der Waals surface area contributed by atoms with Gasteiger partial charge in [-0.05, 0) is 28.8 Å². The molecule has 0 spiro atoms. The first-order valence-corrected chi connectivity index (χ1v) is 5.51. The molecule has 0 radical (unpaired) electrons. The fourth-order valence-electron chi connectivity index (χ4n) is 2.20. The first kappa shape index (κ1) is 8.88. The van der Waals surface area contributed by atoms with Gasteiger partial charge in [-0.25, -0.2) is 0 Å². The van der Waals surface area contributed by atoms with Crippen LogP contribution in [-0.4, -0.2) is 22.7 Å². The maximum absolute atomic E-state index is 5.66. The molecule has 4 nitrogen and oxygen atoms in total. The summed E-state index contributed by atoms with van der Waals surface area (Å²) in [4.78, 5) is 0. The highest BCUT2D eigenvalue weighted by atomic mass is 79.9. The van der Waals surface area contributed by atoms with Gasteiger partial charge in [-0.3, -0.25) is 4.68 Å². The maximum atomic E-state index is 5.66. The van der Waals surface area contributed by atoms with Crippen LogP contribution in [0.25, 0.3) is 0 Å². The van der Waals surface area contributed by atoms with Crippen molar-refractivity contribution < 1.29 is 9.47 Å². The second-order valence-corrected chi connectivity index (χ2v) is 4.63. The number of hydrogen-bond acceptors (Lipinski definition) is 3. The van der Waals surface area contributed by atoms with Crippen LogP contribution in [0, 0.1) is 0 Å². The Hall–Kier alpha value is -0.390. The molecule has 2 fully saturated rings. The molecule has 0 unspecified atom stereocenters. The molecule has 2 atom stereocenters. The maximum Gasteiger partial charge on any atom is 0.193 e. The van der Waals surface area contributed by atoms with E-state index in [2.05, 4.69) is 21.0 Å². The number of hydrogen-bond donors (Lipinski definition) is 0. The van der Waals surface area contributed by atoms with Gasteiger partial charge < -0.3 is 9.47 Å². The molecular weight excluding hydrogens is 248 g/mol. The van der Waals surface area contributed by atoms with Gasteiger partial charge >= 0.3 is 0 Å². The van der Waals surface area contributed by atoms with E-state index in [4.69, 9.17) is 9.47 Å². The zero-order chi connectivity index (χ0) is 9.76. The highest BCUT2D eigenvalue weighted by Crippen LogP contribution is 2.54. The zero-order valence-electron chi connectivity index (χ0n) is 7.86. The summed E-state index contributed by atoms with van der Waals surface area (Å²) >= 11 is 3.50. The Balaban J connectivity index is 2.03. The van der Waals surface area contributed by atoms with Gasteiger partial charge in [0.2, 0.25) is 0 Å². The topological polar surface area (TPSA) is 39.6 Å². The van der Waals surface area contributed by atoms with Crippen LogP contribution < -0.4 is 0 Å². The van der Waals surface area contributed by atoms with Crippen LogP contribution in [0.1, 0.15) is 18.5 Å². The van der Waals surface area contributed by atoms with E-state index < -0.39 is 0 Å². The summed E-state index contributed by atoms with van der Waals surface area (Å²) in [5.41, 5.74) is 0.879. The Kier molecular flexibility index (Phi) is 1.78. The van der Waals surface area contributed by atoms with Crippen molar-refractivity contribution in [2.24, 2.45) is 7.05 Å². The number of fused-ring (bicyclic) bond motifs is 1. The van der Waals surface area contributed by atoms with E-state index in [1.165, 1.54) is 0 Å². The Bertz CT molecular complexity index is 359. The van der Waals surface area contributed by atoms with Gasteiger partial charge in [0.15, 0.2) is 11.9 Å². The lowest BCUT2D eigenvalue weighted by atomic mass is 9.97. The van der Waals surface area contributed by atoms with E-state index in [9.17, 15) is 0 Å². The molecule has 1 aromatic rings. The summed E-state index contributed by atoms with van der Waals surface area (Å²) in [5, 5.41) is 4.20. The van der Waals surface area contributed by atoms with Crippen LogP contribution in [0.4, 0.5) is 0 Å². The lowest BCUT2D eigenvalue weighted by Crippen LogP contribution is -2.24. The Morgan fingerprint density at radius 2 is 2.57 bits per heavy atom. The third-order valence-corrected chi connectivity index (χ3v) is 3.48. The molecule has 0 N–H and O–H groups in total. The number of rotatable bonds is 1. The predicted molar refractivity (Wildman–Crippen MR) is 52.6 cm³/mol. The molecule has 76 valence electrons. The molecule has 14 heavy (non-hydrogen) atoms. The smallest absolute Gasteiger partial charge is 0.193 e. The molecule has 2 saturated heterocycles. The molecule has 0 amide bonds. The van der Waals surface area contributed by atoms with E-state index in [1.54, 1.807) is 6.20 Å². The van der Waals surface area contributed by atoms with Gasteiger partial charge in [-0.15, -0.1) is 0 Å². The van der Waals surface area contributed by atoms with Crippen LogP contribution in [0.2, 0.25) is 0 Å². The number of nitrogens with zero attached hydrogens (tertiary/aromatic N) is 2. The molecule has 2 aliphatic rings. The first-order valence-electron chi connectivity index (χ1n) is 4.71. The normalized spacial score (nSPS) is 35.4. The number of epoxide rings is 1. The van der Waals surface area contributed by atoms with Crippen molar-refractivity contribution in [3.63, 3.8) is 0 Å². The molecule has 0 aromatic carbocycles. The Morgan fingerprint density at radius 3 is 3.21 bits per heavy atom. The van der Waals surface area contributed by atoms with E-state index in [0.717, 1.165) is 29.6 Å². The first-order chi connectivity index (χ1) is 6.74. The van der Waals surface area contributed by atoms with Crippen molar-refractivity contribution in [3.8, 4) is 0 Å². The minimum absolute atomic E-state index is 0.0528. The largest absolute Gasteiger partial charge is 0.349 e. The predicted octanol–water partition coefficient (Wildman–Crippen LogP) is 1.54. The van der Waals surface area contributed by atoms with Crippen LogP contribution in [0.3, 0.4) is 0 Å². The lowest BCUT2D eigenvalue weighted by molar-refractivity contribution is 0.0415. The van der Waals surface area contributed by atoms with Crippen molar-refractivity contribution in [1.29, 1.82) is 0 Å². The summed E-state index contributed by atoms with van der Waals surface area (Å²) in [6.07, 6.45) is 3.82. The SMILES string of the molecule is Cn1ncc(Br)c1[C@]12CCCO[C@@H]1O2. The Morgan fingerprint density at radius 1 is 1.71 bits per heavy atom. The zero-order valence-corrected chi connectivity index (χ0v) is 9.45. The van der Waals surface area contributed by atoms with E-state index in [0.29, 0.717) is 0 Å². The monoisotopic (exact) mass is 258 g/mol. The number of aromatic nitrogens is 2. The second-order valence-electron chi connectivity index (χ2n) is 3.78. The third-order valence-electron chi connectivity index (χ3n) is 2.90. The molecule has 5 heteroatoms. The quantitative estimate of drug-likeness (QED) is 0.718. The summed E-state index contributed by atoms with van der Waals surface area (Å²) in [6, 6.07) is 0. The van der Waals surface area contributed by atoms with Crippen LogP contribution in [-0.2, 0) is 22.1 Å². The van der Waals surface area contributed by atoms with Crippen LogP contribution in [0.15, 0.2) is 10.7 Å². The molecule has 3 rings (SSSR count). The minimum atomic E-state index is -0.220. The van der Waals surface area contributed by atoms with E-state index in [-0.39, 0.29) is 11.9 Å². The molecule has 1 aromatic heterocycles. The summed E-state index contributed by atoms with van der Waals surface area (Å²) in [7, 11) is 1.93. The van der Waals surface area contributed by atoms with Crippen molar-refractivity contribution in [2.45, 2.75) is 24.7 Å². The van der Waals surface area contributed by atoms with Gasteiger partial charge in [0.05, 0.1) is 23.0 Å². The molecule has 3 heterocycles. The standard InChI is InChI=1S/C9H11BrN2O2/c1-12-7(6(10)5-11-12)9-3-2-4-13-8(9)14-9/h5,8H,2-4H2,1H3/t8-,9-/m1/s1. The summed E-state index contributed by atoms with van der Waals surface area (Å²) in [5.74, 6) is 0. The van der Waals surface area contributed by atoms with Crippen LogP contribution in [0.5, 0.6) is 0 Å². The molecule has 2 aliphatic heterocycles. The van der Waals surface area contributed by atoms with Gasteiger partial charge in [-0.1, -0.05) is 0 Å². The fourth-order valence-corrected chi connectivity index (χ4v) is 2.88. The van der Waals surface area contributed by atoms with Crippen molar-refractivity contribution in [1.82, 2.24) is 9.78 Å². The van der Waals surface area contributed by atoms with Gasteiger partial charge in [0.1, 0.15) is 0 Å². The van der Waals surface area contributed by atoms with Crippen molar-refractivity contribution in [3.05, 3.63) is 16.4 Å². The second kappa shape index (κ2) is 2.81. The lowest BCUT2D eigenvalue weighted by Gasteiger charge is -2.17. The minimum Gasteiger partial charge on any atom is -0.349 e. The molecular formula is C9H11BrN2O2. The fraction of sp³-hybridized carbons (Fsp3) is 0.667. The van der Waals surface area contributed by atoms with Gasteiger partial charge in [0.25, 0.3) is 0 Å². The highest BCUT2D eigenvalue weighted by molar-refractivity contribution is 9.10. The molecule has 0 saturated carbocycles. The number of aryl methyl sites for hydroxylation is 1. The van der Waals surface area contributed by atoms with Gasteiger partial charge in [-0.2, -0.15) is 5.10 Å². The highest BCUT2D eigenvalue weighted by Gasteiger charge is 2.62. The summed E-state index contributed by atoms with van der Waals surface area (Å²) in [6.45, 7) is 0.807.